The van der Waals surface area contributed by atoms with Gasteiger partial charge in [-0.15, -0.1) is 0 Å². The molecular weight excluding hydrogens is 274 g/mol. The summed E-state index contributed by atoms with van der Waals surface area (Å²) >= 11 is 1.75. The molecule has 0 spiro atoms. The van der Waals surface area contributed by atoms with Crippen LogP contribution in [-0.4, -0.2) is 11.1 Å². The molecule has 66 valence electrons. The van der Waals surface area contributed by atoms with Crippen LogP contribution in [0.5, 0.6) is 0 Å². The summed E-state index contributed by atoms with van der Waals surface area (Å²) in [7, 11) is 0. The summed E-state index contributed by atoms with van der Waals surface area (Å²) < 4.78 is 13.2. The van der Waals surface area contributed by atoms with Gasteiger partial charge in [0.25, 0.3) is 0 Å². The topological polar surface area (TPSA) is 37.3 Å². The minimum atomic E-state index is -0.966. The van der Waals surface area contributed by atoms with E-state index >= 15 is 0 Å². The third-order valence-electron chi connectivity index (χ3n) is 1.84. The number of carboxylic acid groups (broad SMARTS) is 1. The van der Waals surface area contributed by atoms with Crippen molar-refractivity contribution in [1.29, 1.82) is 0 Å². The predicted molar refractivity (Wildman–Crippen MR) is 51.6 cm³/mol. The molecule has 0 amide bonds. The van der Waals surface area contributed by atoms with E-state index in [4.69, 9.17) is 5.11 Å². The number of carbonyl (C=O) groups is 1. The smallest absolute Gasteiger partial charge is 0.312 e. The van der Waals surface area contributed by atoms with Gasteiger partial charge in [-0.05, 0) is 34.6 Å². The molecule has 0 aromatic rings. The highest BCUT2D eigenvalue weighted by Gasteiger charge is 2.30. The minimum Gasteiger partial charge on any atom is -0.481 e. The normalized spacial score (nSPS) is 29.2. The van der Waals surface area contributed by atoms with Crippen molar-refractivity contribution in [1.82, 2.24) is 0 Å². The Balaban J connectivity index is 3.00. The number of rotatable bonds is 1. The summed E-state index contributed by atoms with van der Waals surface area (Å²) in [6, 6.07) is 0. The number of allylic oxidation sites excluding steroid dienone is 3. The molecule has 1 aliphatic carbocycles. The van der Waals surface area contributed by atoms with Crippen molar-refractivity contribution in [2.75, 3.05) is 0 Å². The Bertz CT molecular complexity index is 270. The zero-order valence-corrected chi connectivity index (χ0v) is 8.58. The van der Waals surface area contributed by atoms with E-state index in [2.05, 4.69) is 0 Å². The molecule has 0 saturated heterocycles. The SMILES string of the molecule is CC1C=CC(F)=C(I)C1C(=O)O. The summed E-state index contributed by atoms with van der Waals surface area (Å²) in [6.45, 7) is 1.76. The molecule has 2 unspecified atom stereocenters. The maximum Gasteiger partial charge on any atom is 0.312 e. The average Bonchev–Trinajstić information content (AvgIpc) is 1.97. The van der Waals surface area contributed by atoms with Gasteiger partial charge in [-0.2, -0.15) is 0 Å². The zero-order valence-electron chi connectivity index (χ0n) is 6.42. The number of hydrogen-bond donors (Lipinski definition) is 1. The van der Waals surface area contributed by atoms with E-state index in [9.17, 15) is 9.18 Å². The molecule has 0 bridgehead atoms. The van der Waals surface area contributed by atoms with E-state index in [-0.39, 0.29) is 9.50 Å². The van der Waals surface area contributed by atoms with Crippen molar-refractivity contribution in [2.24, 2.45) is 11.8 Å². The first-order chi connectivity index (χ1) is 5.54. The molecule has 1 aliphatic rings. The van der Waals surface area contributed by atoms with Crippen LogP contribution in [0.4, 0.5) is 4.39 Å². The van der Waals surface area contributed by atoms with Crippen molar-refractivity contribution in [2.45, 2.75) is 6.92 Å². The highest BCUT2D eigenvalue weighted by Crippen LogP contribution is 2.34. The largest absolute Gasteiger partial charge is 0.481 e. The molecule has 0 fully saturated rings. The third-order valence-corrected chi connectivity index (χ3v) is 3.03. The number of hydrogen-bond acceptors (Lipinski definition) is 1. The van der Waals surface area contributed by atoms with Crippen molar-refractivity contribution >= 4 is 28.6 Å². The van der Waals surface area contributed by atoms with Gasteiger partial charge in [-0.3, -0.25) is 4.79 Å². The fourth-order valence-corrected chi connectivity index (χ4v) is 2.15. The lowest BCUT2D eigenvalue weighted by Crippen LogP contribution is -2.22. The van der Waals surface area contributed by atoms with Gasteiger partial charge in [-0.1, -0.05) is 13.0 Å². The summed E-state index contributed by atoms with van der Waals surface area (Å²) in [4.78, 5) is 10.7. The van der Waals surface area contributed by atoms with Crippen LogP contribution in [0.1, 0.15) is 6.92 Å². The molecule has 1 N–H and O–H groups in total. The van der Waals surface area contributed by atoms with Gasteiger partial charge < -0.3 is 5.11 Å². The first kappa shape index (κ1) is 9.70. The molecule has 0 radical (unpaired) electrons. The van der Waals surface area contributed by atoms with E-state index in [1.165, 1.54) is 6.08 Å². The molecule has 0 aromatic carbocycles. The van der Waals surface area contributed by atoms with Crippen LogP contribution in [0.25, 0.3) is 0 Å². The Morgan fingerprint density at radius 1 is 1.75 bits per heavy atom. The first-order valence-corrected chi connectivity index (χ1v) is 4.58. The second kappa shape index (κ2) is 3.55. The molecule has 0 aliphatic heterocycles. The van der Waals surface area contributed by atoms with Crippen LogP contribution in [0, 0.1) is 11.8 Å². The second-order valence-corrected chi connectivity index (χ2v) is 3.89. The Morgan fingerprint density at radius 3 is 2.75 bits per heavy atom. The zero-order chi connectivity index (χ0) is 9.30. The fourth-order valence-electron chi connectivity index (χ4n) is 1.14. The van der Waals surface area contributed by atoms with Gasteiger partial charge in [0.05, 0.1) is 5.92 Å². The summed E-state index contributed by atoms with van der Waals surface area (Å²) in [5.41, 5.74) is 0. The van der Waals surface area contributed by atoms with Gasteiger partial charge in [0, 0.05) is 3.58 Å². The van der Waals surface area contributed by atoms with Crippen LogP contribution >= 0.6 is 22.6 Å². The van der Waals surface area contributed by atoms with Crippen molar-refractivity contribution in [3.63, 3.8) is 0 Å². The second-order valence-electron chi connectivity index (χ2n) is 2.73. The first-order valence-electron chi connectivity index (χ1n) is 3.50. The van der Waals surface area contributed by atoms with E-state index < -0.39 is 17.7 Å². The number of aliphatic carboxylic acids is 1. The predicted octanol–water partition coefficient (Wildman–Crippen LogP) is 2.51. The molecule has 4 heteroatoms. The lowest BCUT2D eigenvalue weighted by molar-refractivity contribution is -0.141. The van der Waals surface area contributed by atoms with Crippen molar-refractivity contribution in [3.05, 3.63) is 21.6 Å². The van der Waals surface area contributed by atoms with E-state index in [1.54, 1.807) is 35.6 Å². The van der Waals surface area contributed by atoms with Gasteiger partial charge in [0.2, 0.25) is 0 Å². The van der Waals surface area contributed by atoms with Gasteiger partial charge in [0.1, 0.15) is 5.83 Å². The van der Waals surface area contributed by atoms with Crippen LogP contribution in [0.2, 0.25) is 0 Å². The average molecular weight is 282 g/mol. The third kappa shape index (κ3) is 1.68. The molecule has 0 aromatic heterocycles. The van der Waals surface area contributed by atoms with Gasteiger partial charge in [0.15, 0.2) is 0 Å². The number of halogens is 2. The monoisotopic (exact) mass is 282 g/mol. The van der Waals surface area contributed by atoms with Gasteiger partial charge >= 0.3 is 5.97 Å². The Hall–Kier alpha value is -0.390. The highest BCUT2D eigenvalue weighted by atomic mass is 127. The Labute approximate surface area is 83.3 Å². The number of carboxylic acids is 1. The molecule has 1 rings (SSSR count). The maximum absolute atomic E-state index is 12.9. The summed E-state index contributed by atoms with van der Waals surface area (Å²) in [5, 5.41) is 8.76. The van der Waals surface area contributed by atoms with E-state index in [0.717, 1.165) is 0 Å². The summed E-state index contributed by atoms with van der Waals surface area (Å²) in [5.74, 6) is -2.24. The molecule has 2 nitrogen and oxygen atoms in total. The molecular formula is C8H8FIO2. The van der Waals surface area contributed by atoms with Gasteiger partial charge in [-0.25, -0.2) is 4.39 Å². The lowest BCUT2D eigenvalue weighted by atomic mass is 9.90. The van der Waals surface area contributed by atoms with Crippen molar-refractivity contribution in [3.8, 4) is 0 Å². The molecule has 0 heterocycles. The van der Waals surface area contributed by atoms with Crippen LogP contribution in [0.15, 0.2) is 21.6 Å². The standard InChI is InChI=1S/C8H8FIO2/c1-4-2-3-5(9)7(10)6(4)8(11)12/h2-4,6H,1H3,(H,11,12). The highest BCUT2D eigenvalue weighted by molar-refractivity contribution is 14.1. The van der Waals surface area contributed by atoms with Crippen LogP contribution in [0.3, 0.4) is 0 Å². The molecule has 12 heavy (non-hydrogen) atoms. The summed E-state index contributed by atoms with van der Waals surface area (Å²) in [6.07, 6.45) is 2.90. The van der Waals surface area contributed by atoms with Crippen LogP contribution in [-0.2, 0) is 4.79 Å². The maximum atomic E-state index is 12.9. The molecule has 0 saturated carbocycles. The Morgan fingerprint density at radius 2 is 2.33 bits per heavy atom. The lowest BCUT2D eigenvalue weighted by Gasteiger charge is -2.20. The van der Waals surface area contributed by atoms with Crippen molar-refractivity contribution < 1.29 is 14.3 Å². The van der Waals surface area contributed by atoms with E-state index in [0.29, 0.717) is 0 Å². The molecule has 2 atom stereocenters. The fraction of sp³-hybridized carbons (Fsp3) is 0.375. The van der Waals surface area contributed by atoms with E-state index in [1.807, 2.05) is 0 Å². The minimum absolute atomic E-state index is 0.131. The van der Waals surface area contributed by atoms with Crippen LogP contribution < -0.4 is 0 Å². The quantitative estimate of drug-likeness (QED) is 0.750. The Kier molecular flexibility index (Phi) is 2.87.